The summed E-state index contributed by atoms with van der Waals surface area (Å²) in [7, 11) is 0. The molecule has 0 aliphatic heterocycles. The van der Waals surface area contributed by atoms with E-state index in [1.54, 1.807) is 10.6 Å². The standard InChI is InChI=1S/C18H25N5O/c1-4-10-22(12-15-8-6-5-7-9-15)17(24)16-20-18-19-13(2)11-14(3)23(18)21-16/h4,11,15H,1,5-10,12H2,2-3H3. The van der Waals surface area contributed by atoms with Crippen molar-refractivity contribution in [1.29, 1.82) is 0 Å². The van der Waals surface area contributed by atoms with Crippen LogP contribution in [-0.2, 0) is 0 Å². The van der Waals surface area contributed by atoms with E-state index in [1.807, 2.05) is 24.8 Å². The van der Waals surface area contributed by atoms with E-state index < -0.39 is 0 Å². The Morgan fingerprint density at radius 3 is 2.79 bits per heavy atom. The molecular weight excluding hydrogens is 302 g/mol. The molecule has 0 N–H and O–H groups in total. The van der Waals surface area contributed by atoms with Gasteiger partial charge in [-0.15, -0.1) is 11.7 Å². The molecular formula is C18H25N5O. The van der Waals surface area contributed by atoms with Gasteiger partial charge in [-0.25, -0.2) is 9.50 Å². The minimum Gasteiger partial charge on any atom is -0.332 e. The summed E-state index contributed by atoms with van der Waals surface area (Å²) in [6.07, 6.45) is 7.98. The number of nitrogens with zero attached hydrogens (tertiary/aromatic N) is 5. The molecule has 1 amide bonds. The Labute approximate surface area is 142 Å². The van der Waals surface area contributed by atoms with Crippen LogP contribution >= 0.6 is 0 Å². The number of rotatable bonds is 5. The molecule has 0 radical (unpaired) electrons. The van der Waals surface area contributed by atoms with Crippen molar-refractivity contribution in [2.45, 2.75) is 46.0 Å². The maximum absolute atomic E-state index is 12.9. The molecule has 2 aromatic heterocycles. The first kappa shape index (κ1) is 16.6. The van der Waals surface area contributed by atoms with Gasteiger partial charge in [-0.2, -0.15) is 4.98 Å². The summed E-state index contributed by atoms with van der Waals surface area (Å²) in [6.45, 7) is 8.92. The van der Waals surface area contributed by atoms with Crippen LogP contribution in [-0.4, -0.2) is 43.5 Å². The minimum atomic E-state index is -0.136. The van der Waals surface area contributed by atoms with Crippen LogP contribution in [0.15, 0.2) is 18.7 Å². The first-order valence-electron chi connectivity index (χ1n) is 8.69. The lowest BCUT2D eigenvalue weighted by molar-refractivity contribution is 0.0723. The van der Waals surface area contributed by atoms with Crippen LogP contribution in [0.2, 0.25) is 0 Å². The number of carbonyl (C=O) groups is 1. The van der Waals surface area contributed by atoms with Gasteiger partial charge in [-0.1, -0.05) is 25.3 Å². The van der Waals surface area contributed by atoms with Gasteiger partial charge in [-0.05, 0) is 38.7 Å². The third kappa shape index (κ3) is 3.47. The Bertz CT molecular complexity index is 745. The highest BCUT2D eigenvalue weighted by Crippen LogP contribution is 2.24. The van der Waals surface area contributed by atoms with E-state index in [0.29, 0.717) is 18.2 Å². The van der Waals surface area contributed by atoms with E-state index in [1.165, 1.54) is 32.1 Å². The highest BCUT2D eigenvalue weighted by molar-refractivity contribution is 5.91. The largest absolute Gasteiger partial charge is 0.332 e. The van der Waals surface area contributed by atoms with Crippen molar-refractivity contribution in [2.75, 3.05) is 13.1 Å². The molecule has 0 saturated heterocycles. The third-order valence-corrected chi connectivity index (χ3v) is 4.65. The molecule has 6 heteroatoms. The zero-order chi connectivity index (χ0) is 17.1. The summed E-state index contributed by atoms with van der Waals surface area (Å²) >= 11 is 0. The average Bonchev–Trinajstić information content (AvgIpc) is 2.99. The zero-order valence-corrected chi connectivity index (χ0v) is 14.5. The molecule has 0 unspecified atom stereocenters. The van der Waals surface area contributed by atoms with E-state index in [2.05, 4.69) is 21.6 Å². The molecule has 1 saturated carbocycles. The van der Waals surface area contributed by atoms with Gasteiger partial charge in [0.15, 0.2) is 0 Å². The molecule has 6 nitrogen and oxygen atoms in total. The summed E-state index contributed by atoms with van der Waals surface area (Å²) in [4.78, 5) is 23.4. The molecule has 0 aromatic carbocycles. The summed E-state index contributed by atoms with van der Waals surface area (Å²) in [5, 5.41) is 4.37. The fraction of sp³-hybridized carbons (Fsp3) is 0.556. The van der Waals surface area contributed by atoms with Crippen molar-refractivity contribution < 1.29 is 4.79 Å². The molecule has 0 atom stereocenters. The number of carbonyl (C=O) groups excluding carboxylic acids is 1. The maximum atomic E-state index is 12.9. The normalized spacial score (nSPS) is 15.6. The molecule has 128 valence electrons. The Hall–Kier alpha value is -2.24. The van der Waals surface area contributed by atoms with Crippen molar-refractivity contribution in [3.8, 4) is 0 Å². The van der Waals surface area contributed by atoms with Crippen molar-refractivity contribution >= 4 is 11.7 Å². The van der Waals surface area contributed by atoms with Crippen LogP contribution in [0.5, 0.6) is 0 Å². The Kier molecular flexibility index (Phi) is 4.92. The highest BCUT2D eigenvalue weighted by Gasteiger charge is 2.24. The monoisotopic (exact) mass is 327 g/mol. The van der Waals surface area contributed by atoms with E-state index in [0.717, 1.165) is 17.9 Å². The summed E-state index contributed by atoms with van der Waals surface area (Å²) in [5.74, 6) is 1.13. The lowest BCUT2D eigenvalue weighted by atomic mass is 9.89. The van der Waals surface area contributed by atoms with Crippen molar-refractivity contribution in [3.63, 3.8) is 0 Å². The Balaban J connectivity index is 1.83. The second-order valence-electron chi connectivity index (χ2n) is 6.69. The average molecular weight is 327 g/mol. The molecule has 3 rings (SSSR count). The second kappa shape index (κ2) is 7.11. The number of aromatic nitrogens is 4. The van der Waals surface area contributed by atoms with Gasteiger partial charge >= 0.3 is 0 Å². The van der Waals surface area contributed by atoms with Crippen LogP contribution in [0.1, 0.15) is 54.1 Å². The van der Waals surface area contributed by atoms with Gasteiger partial charge in [0.05, 0.1) is 0 Å². The number of hydrogen-bond acceptors (Lipinski definition) is 4. The fourth-order valence-corrected chi connectivity index (χ4v) is 3.48. The van der Waals surface area contributed by atoms with Gasteiger partial charge < -0.3 is 4.90 Å². The lowest BCUT2D eigenvalue weighted by Gasteiger charge is -2.28. The molecule has 1 aliphatic carbocycles. The van der Waals surface area contributed by atoms with Crippen LogP contribution in [0.25, 0.3) is 5.78 Å². The molecule has 1 aliphatic rings. The van der Waals surface area contributed by atoms with E-state index in [4.69, 9.17) is 0 Å². The van der Waals surface area contributed by atoms with E-state index in [-0.39, 0.29) is 11.7 Å². The second-order valence-corrected chi connectivity index (χ2v) is 6.69. The van der Waals surface area contributed by atoms with Gasteiger partial charge in [0.25, 0.3) is 11.7 Å². The smallest absolute Gasteiger partial charge is 0.293 e. The molecule has 2 aromatic rings. The highest BCUT2D eigenvalue weighted by atomic mass is 16.2. The van der Waals surface area contributed by atoms with Gasteiger partial charge in [-0.3, -0.25) is 4.79 Å². The minimum absolute atomic E-state index is 0.136. The van der Waals surface area contributed by atoms with Crippen molar-refractivity contribution in [3.05, 3.63) is 35.9 Å². The number of fused-ring (bicyclic) bond motifs is 1. The van der Waals surface area contributed by atoms with Gasteiger partial charge in [0.1, 0.15) is 0 Å². The van der Waals surface area contributed by atoms with Crippen LogP contribution in [0.3, 0.4) is 0 Å². The number of amides is 1. The molecule has 0 bridgehead atoms. The quantitative estimate of drug-likeness (QED) is 0.792. The van der Waals surface area contributed by atoms with Crippen molar-refractivity contribution in [1.82, 2.24) is 24.5 Å². The van der Waals surface area contributed by atoms with Gasteiger partial charge in [0.2, 0.25) is 5.82 Å². The molecule has 1 fully saturated rings. The predicted octanol–water partition coefficient (Wildman–Crippen LogP) is 2.95. The topological polar surface area (TPSA) is 63.4 Å². The van der Waals surface area contributed by atoms with Crippen molar-refractivity contribution in [2.24, 2.45) is 5.92 Å². The maximum Gasteiger partial charge on any atom is 0.293 e. The Morgan fingerprint density at radius 1 is 1.33 bits per heavy atom. The van der Waals surface area contributed by atoms with E-state index >= 15 is 0 Å². The Morgan fingerprint density at radius 2 is 2.08 bits per heavy atom. The summed E-state index contributed by atoms with van der Waals surface area (Å²) in [6, 6.07) is 1.93. The first-order chi connectivity index (χ1) is 11.6. The van der Waals surface area contributed by atoms with Crippen LogP contribution in [0, 0.1) is 19.8 Å². The third-order valence-electron chi connectivity index (χ3n) is 4.65. The fourth-order valence-electron chi connectivity index (χ4n) is 3.48. The molecule has 24 heavy (non-hydrogen) atoms. The van der Waals surface area contributed by atoms with Crippen LogP contribution < -0.4 is 0 Å². The zero-order valence-electron chi connectivity index (χ0n) is 14.5. The molecule has 2 heterocycles. The van der Waals surface area contributed by atoms with E-state index in [9.17, 15) is 4.79 Å². The number of aryl methyl sites for hydroxylation is 2. The summed E-state index contributed by atoms with van der Waals surface area (Å²) in [5.41, 5.74) is 1.79. The lowest BCUT2D eigenvalue weighted by Crippen LogP contribution is -2.36. The first-order valence-corrected chi connectivity index (χ1v) is 8.69. The predicted molar refractivity (Wildman–Crippen MR) is 92.9 cm³/mol. The van der Waals surface area contributed by atoms with Crippen LogP contribution in [0.4, 0.5) is 0 Å². The molecule has 0 spiro atoms. The SMILES string of the molecule is C=CCN(CC1CCCCC1)C(=O)c1nc2nc(C)cc(C)n2n1. The summed E-state index contributed by atoms with van der Waals surface area (Å²) < 4.78 is 1.63. The van der Waals surface area contributed by atoms with Gasteiger partial charge in [0, 0.05) is 24.5 Å². The number of hydrogen-bond donors (Lipinski definition) is 0.